The summed E-state index contributed by atoms with van der Waals surface area (Å²) >= 11 is 0. The summed E-state index contributed by atoms with van der Waals surface area (Å²) in [5.41, 5.74) is 4.19. The SMILES string of the molecule is Cc1ccc(Nc2nc(C#N)nc3c2CNCC3)cc1. The molecule has 3 rings (SSSR count). The lowest BCUT2D eigenvalue weighted by atomic mass is 10.1. The van der Waals surface area contributed by atoms with Crippen LogP contribution in [0.25, 0.3) is 0 Å². The molecule has 0 aliphatic carbocycles. The fourth-order valence-corrected chi connectivity index (χ4v) is 2.27. The van der Waals surface area contributed by atoms with Crippen molar-refractivity contribution in [1.82, 2.24) is 15.3 Å². The smallest absolute Gasteiger partial charge is 0.234 e. The third kappa shape index (κ3) is 2.46. The number of fused-ring (bicyclic) bond motifs is 1. The van der Waals surface area contributed by atoms with E-state index in [1.54, 1.807) is 0 Å². The first-order valence-corrected chi connectivity index (χ1v) is 6.60. The zero-order valence-corrected chi connectivity index (χ0v) is 11.3. The van der Waals surface area contributed by atoms with Crippen molar-refractivity contribution in [3.8, 4) is 6.07 Å². The predicted octanol–water partition coefficient (Wildman–Crippen LogP) is 2.05. The summed E-state index contributed by atoms with van der Waals surface area (Å²) in [5, 5.41) is 15.7. The van der Waals surface area contributed by atoms with Crippen molar-refractivity contribution in [1.29, 1.82) is 5.26 Å². The third-order valence-corrected chi connectivity index (χ3v) is 3.35. The Bertz CT molecular complexity index is 670. The highest BCUT2D eigenvalue weighted by Gasteiger charge is 2.17. The van der Waals surface area contributed by atoms with Crippen molar-refractivity contribution < 1.29 is 0 Å². The Morgan fingerprint density at radius 1 is 1.25 bits per heavy atom. The maximum absolute atomic E-state index is 9.05. The van der Waals surface area contributed by atoms with Gasteiger partial charge in [-0.2, -0.15) is 5.26 Å². The van der Waals surface area contributed by atoms with Gasteiger partial charge in [0.25, 0.3) is 0 Å². The van der Waals surface area contributed by atoms with E-state index in [0.29, 0.717) is 0 Å². The zero-order chi connectivity index (χ0) is 13.9. The van der Waals surface area contributed by atoms with Gasteiger partial charge >= 0.3 is 0 Å². The molecule has 0 fully saturated rings. The third-order valence-electron chi connectivity index (χ3n) is 3.35. The van der Waals surface area contributed by atoms with Gasteiger partial charge in [0.2, 0.25) is 5.82 Å². The van der Waals surface area contributed by atoms with Crippen LogP contribution in [0, 0.1) is 18.3 Å². The van der Waals surface area contributed by atoms with Gasteiger partial charge in [0.15, 0.2) is 0 Å². The number of nitrogens with one attached hydrogen (secondary N) is 2. The van der Waals surface area contributed by atoms with Crippen molar-refractivity contribution >= 4 is 11.5 Å². The Hall–Kier alpha value is -2.45. The highest BCUT2D eigenvalue weighted by molar-refractivity contribution is 5.61. The van der Waals surface area contributed by atoms with Crippen molar-refractivity contribution in [3.63, 3.8) is 0 Å². The molecular formula is C15H15N5. The van der Waals surface area contributed by atoms with Crippen molar-refractivity contribution in [3.05, 3.63) is 46.9 Å². The molecule has 0 spiro atoms. The van der Waals surface area contributed by atoms with Gasteiger partial charge in [0.1, 0.15) is 11.9 Å². The van der Waals surface area contributed by atoms with Gasteiger partial charge in [0.05, 0.1) is 5.69 Å². The van der Waals surface area contributed by atoms with E-state index in [-0.39, 0.29) is 5.82 Å². The fourth-order valence-electron chi connectivity index (χ4n) is 2.27. The molecule has 1 aliphatic rings. The number of nitrogens with zero attached hydrogens (tertiary/aromatic N) is 3. The topological polar surface area (TPSA) is 73.6 Å². The minimum atomic E-state index is 0.222. The van der Waals surface area contributed by atoms with Crippen molar-refractivity contribution in [2.45, 2.75) is 19.9 Å². The van der Waals surface area contributed by atoms with E-state index in [9.17, 15) is 0 Å². The van der Waals surface area contributed by atoms with Gasteiger partial charge < -0.3 is 10.6 Å². The Kier molecular flexibility index (Phi) is 3.32. The summed E-state index contributed by atoms with van der Waals surface area (Å²) < 4.78 is 0. The van der Waals surface area contributed by atoms with Crippen LogP contribution in [-0.4, -0.2) is 16.5 Å². The number of benzene rings is 1. The minimum absolute atomic E-state index is 0.222. The second-order valence-electron chi connectivity index (χ2n) is 4.85. The summed E-state index contributed by atoms with van der Waals surface area (Å²) in [4.78, 5) is 8.59. The predicted molar refractivity (Wildman–Crippen MR) is 76.6 cm³/mol. The Morgan fingerprint density at radius 3 is 2.80 bits per heavy atom. The average Bonchev–Trinajstić information content (AvgIpc) is 2.49. The minimum Gasteiger partial charge on any atom is -0.340 e. The average molecular weight is 265 g/mol. The lowest BCUT2D eigenvalue weighted by molar-refractivity contribution is 0.626. The van der Waals surface area contributed by atoms with E-state index >= 15 is 0 Å². The van der Waals surface area contributed by atoms with Crippen LogP contribution in [0.2, 0.25) is 0 Å². The summed E-state index contributed by atoms with van der Waals surface area (Å²) in [6.07, 6.45) is 0.828. The molecule has 0 atom stereocenters. The number of nitriles is 1. The molecule has 0 bridgehead atoms. The van der Waals surface area contributed by atoms with Crippen LogP contribution < -0.4 is 10.6 Å². The Labute approximate surface area is 117 Å². The number of aryl methyl sites for hydroxylation is 1. The van der Waals surface area contributed by atoms with Crippen LogP contribution in [0.5, 0.6) is 0 Å². The second-order valence-corrected chi connectivity index (χ2v) is 4.85. The molecule has 2 N–H and O–H groups in total. The summed E-state index contributed by atoms with van der Waals surface area (Å²) in [6.45, 7) is 3.67. The van der Waals surface area contributed by atoms with Gasteiger partial charge in [-0.1, -0.05) is 17.7 Å². The van der Waals surface area contributed by atoms with E-state index in [4.69, 9.17) is 5.26 Å². The van der Waals surface area contributed by atoms with E-state index < -0.39 is 0 Å². The number of hydrogen-bond acceptors (Lipinski definition) is 5. The van der Waals surface area contributed by atoms with Crippen LogP contribution in [0.15, 0.2) is 24.3 Å². The molecule has 1 aromatic heterocycles. The highest BCUT2D eigenvalue weighted by atomic mass is 15.1. The first kappa shape index (κ1) is 12.6. The van der Waals surface area contributed by atoms with E-state index in [2.05, 4.69) is 20.6 Å². The van der Waals surface area contributed by atoms with Gasteiger partial charge in [-0.25, -0.2) is 9.97 Å². The molecule has 1 aliphatic heterocycles. The molecule has 2 heterocycles. The zero-order valence-electron chi connectivity index (χ0n) is 11.3. The Morgan fingerprint density at radius 2 is 2.05 bits per heavy atom. The molecular weight excluding hydrogens is 250 g/mol. The van der Waals surface area contributed by atoms with E-state index in [1.807, 2.05) is 37.3 Å². The molecule has 0 saturated heterocycles. The standard InChI is InChI=1S/C15H15N5/c1-10-2-4-11(5-3-10)18-15-12-9-17-7-6-13(12)19-14(8-16)20-15/h2-5,17H,6-7,9H2,1H3,(H,18,19,20). The van der Waals surface area contributed by atoms with Crippen LogP contribution in [0.1, 0.15) is 22.6 Å². The van der Waals surface area contributed by atoms with Crippen molar-refractivity contribution in [2.24, 2.45) is 0 Å². The molecule has 2 aromatic rings. The summed E-state index contributed by atoms with van der Waals surface area (Å²) in [6, 6.07) is 10.1. The van der Waals surface area contributed by atoms with Crippen LogP contribution >= 0.6 is 0 Å². The molecule has 5 nitrogen and oxygen atoms in total. The first-order chi connectivity index (χ1) is 9.76. The second kappa shape index (κ2) is 5.27. The molecule has 5 heteroatoms. The van der Waals surface area contributed by atoms with Gasteiger partial charge in [-0.15, -0.1) is 0 Å². The summed E-state index contributed by atoms with van der Waals surface area (Å²) in [5.74, 6) is 0.947. The van der Waals surface area contributed by atoms with Gasteiger partial charge in [-0.05, 0) is 19.1 Å². The van der Waals surface area contributed by atoms with Crippen LogP contribution in [-0.2, 0) is 13.0 Å². The number of anilines is 2. The molecule has 0 amide bonds. The number of rotatable bonds is 2. The quantitative estimate of drug-likeness (QED) is 0.869. The van der Waals surface area contributed by atoms with E-state index in [1.165, 1.54) is 5.56 Å². The lowest BCUT2D eigenvalue weighted by Gasteiger charge is -2.19. The van der Waals surface area contributed by atoms with E-state index in [0.717, 1.165) is 42.3 Å². The summed E-state index contributed by atoms with van der Waals surface area (Å²) in [7, 11) is 0. The number of aromatic nitrogens is 2. The van der Waals surface area contributed by atoms with Gasteiger partial charge in [0, 0.05) is 30.8 Å². The molecule has 100 valence electrons. The van der Waals surface area contributed by atoms with Crippen LogP contribution in [0.3, 0.4) is 0 Å². The molecule has 1 aromatic carbocycles. The Balaban J connectivity index is 1.99. The van der Waals surface area contributed by atoms with Gasteiger partial charge in [-0.3, -0.25) is 0 Å². The molecule has 0 saturated carbocycles. The highest BCUT2D eigenvalue weighted by Crippen LogP contribution is 2.23. The lowest BCUT2D eigenvalue weighted by Crippen LogP contribution is -2.26. The largest absolute Gasteiger partial charge is 0.340 e. The molecule has 20 heavy (non-hydrogen) atoms. The maximum Gasteiger partial charge on any atom is 0.234 e. The molecule has 0 unspecified atom stereocenters. The molecule has 0 radical (unpaired) electrons. The van der Waals surface area contributed by atoms with Crippen LogP contribution in [0.4, 0.5) is 11.5 Å². The maximum atomic E-state index is 9.05. The van der Waals surface area contributed by atoms with Crippen molar-refractivity contribution in [2.75, 3.05) is 11.9 Å². The number of hydrogen-bond donors (Lipinski definition) is 2. The first-order valence-electron chi connectivity index (χ1n) is 6.60. The normalized spacial score (nSPS) is 13.4. The monoisotopic (exact) mass is 265 g/mol. The fraction of sp³-hybridized carbons (Fsp3) is 0.267.